The van der Waals surface area contributed by atoms with E-state index in [0.717, 1.165) is 54.5 Å². The van der Waals surface area contributed by atoms with Gasteiger partial charge in [0.25, 0.3) is 0 Å². The molecule has 0 aliphatic rings. The fraction of sp³-hybridized carbons (Fsp3) is 0.269. The smallest absolute Gasteiger partial charge is 0.154 e. The van der Waals surface area contributed by atoms with Gasteiger partial charge in [0.1, 0.15) is 0 Å². The van der Waals surface area contributed by atoms with Gasteiger partial charge in [-0.05, 0) is 37.0 Å². The van der Waals surface area contributed by atoms with Crippen LogP contribution in [0.3, 0.4) is 0 Å². The molecule has 4 nitrogen and oxygen atoms in total. The van der Waals surface area contributed by atoms with Gasteiger partial charge < -0.3 is 16.0 Å². The molecule has 0 unspecified atom stereocenters. The Bertz CT molecular complexity index is 866. The first-order valence-corrected chi connectivity index (χ1v) is 10.4. The van der Waals surface area contributed by atoms with Gasteiger partial charge in [0, 0.05) is 25.3 Å². The van der Waals surface area contributed by atoms with Crippen LogP contribution in [0.2, 0.25) is 0 Å². The summed E-state index contributed by atoms with van der Waals surface area (Å²) in [6.07, 6.45) is 1.05. The van der Waals surface area contributed by atoms with Gasteiger partial charge in [-0.25, -0.2) is 4.98 Å². The van der Waals surface area contributed by atoms with E-state index in [0.29, 0.717) is 0 Å². The highest BCUT2D eigenvalue weighted by Gasteiger charge is 2.19. The van der Waals surface area contributed by atoms with Crippen molar-refractivity contribution in [1.82, 2.24) is 4.98 Å². The van der Waals surface area contributed by atoms with Gasteiger partial charge in [-0.15, -0.1) is 13.2 Å². The van der Waals surface area contributed by atoms with E-state index < -0.39 is 0 Å². The van der Waals surface area contributed by atoms with Gasteiger partial charge in [-0.2, -0.15) is 0 Å². The van der Waals surface area contributed by atoms with E-state index in [4.69, 9.17) is 10.7 Å². The van der Waals surface area contributed by atoms with Crippen LogP contribution in [0.4, 0.5) is 17.2 Å². The summed E-state index contributed by atoms with van der Waals surface area (Å²) in [6.45, 7) is 14.7. The number of aromatic nitrogens is 1. The van der Waals surface area contributed by atoms with E-state index in [-0.39, 0.29) is 0 Å². The number of nitrogens with one attached hydrogen (secondary N) is 1. The summed E-state index contributed by atoms with van der Waals surface area (Å²) in [5.74, 6) is 0.842. The minimum Gasteiger partial charge on any atom is -0.394 e. The SMILES string of the molecule is C=C.CCCNc1c(C)c(C)nc(N(Cc2ccccc2)Cc2ccccc2)c1N. The van der Waals surface area contributed by atoms with Crippen LogP contribution in [0.15, 0.2) is 73.8 Å². The largest absolute Gasteiger partial charge is 0.394 e. The topological polar surface area (TPSA) is 54.2 Å². The first-order valence-electron chi connectivity index (χ1n) is 10.4. The molecule has 1 aromatic heterocycles. The van der Waals surface area contributed by atoms with Crippen molar-refractivity contribution in [2.45, 2.75) is 40.3 Å². The van der Waals surface area contributed by atoms with Gasteiger partial charge in [-0.3, -0.25) is 0 Å². The van der Waals surface area contributed by atoms with Crippen LogP contribution in [-0.4, -0.2) is 11.5 Å². The van der Waals surface area contributed by atoms with Crippen molar-refractivity contribution < 1.29 is 0 Å². The van der Waals surface area contributed by atoms with Crippen LogP contribution in [0.1, 0.15) is 35.7 Å². The summed E-state index contributed by atoms with van der Waals surface area (Å²) < 4.78 is 0. The lowest BCUT2D eigenvalue weighted by molar-refractivity contribution is 0.781. The summed E-state index contributed by atoms with van der Waals surface area (Å²) in [5, 5.41) is 3.50. The third kappa shape index (κ3) is 5.86. The normalized spacial score (nSPS) is 10.1. The molecule has 0 aliphatic carbocycles. The molecule has 4 heteroatoms. The molecule has 158 valence electrons. The molecule has 3 aromatic rings. The average Bonchev–Trinajstić information content (AvgIpc) is 2.79. The van der Waals surface area contributed by atoms with E-state index in [2.05, 4.69) is 92.7 Å². The minimum atomic E-state index is 0.725. The first kappa shape index (κ1) is 23.0. The van der Waals surface area contributed by atoms with Gasteiger partial charge >= 0.3 is 0 Å². The zero-order valence-corrected chi connectivity index (χ0v) is 18.5. The molecule has 0 spiro atoms. The molecule has 0 bridgehead atoms. The standard InChI is InChI=1S/C24H30N4.C2H4/c1-4-15-26-23-18(2)19(3)27-24(22(23)25)28(16-20-11-7-5-8-12-20)17-21-13-9-6-10-14-21;1-2/h5-14H,4,15-17,25H2,1-3H3,(H,26,27);1-2H2. The molecule has 3 N–H and O–H groups in total. The van der Waals surface area contributed by atoms with Crippen molar-refractivity contribution in [3.8, 4) is 0 Å². The Balaban J connectivity index is 0.00000155. The number of benzene rings is 2. The second kappa shape index (κ2) is 11.7. The van der Waals surface area contributed by atoms with Gasteiger partial charge in [0.15, 0.2) is 5.82 Å². The third-order valence-corrected chi connectivity index (χ3v) is 4.99. The minimum absolute atomic E-state index is 0.725. The Hall–Kier alpha value is -3.27. The molecule has 0 atom stereocenters. The van der Waals surface area contributed by atoms with Crippen molar-refractivity contribution in [2.75, 3.05) is 22.5 Å². The van der Waals surface area contributed by atoms with Gasteiger partial charge in [0.05, 0.1) is 11.4 Å². The fourth-order valence-corrected chi connectivity index (χ4v) is 3.33. The summed E-state index contributed by atoms with van der Waals surface area (Å²) >= 11 is 0. The predicted molar refractivity (Wildman–Crippen MR) is 131 cm³/mol. The van der Waals surface area contributed by atoms with Crippen molar-refractivity contribution in [3.05, 3.63) is 96.2 Å². The van der Waals surface area contributed by atoms with E-state index >= 15 is 0 Å². The van der Waals surface area contributed by atoms with Crippen molar-refractivity contribution >= 4 is 17.2 Å². The summed E-state index contributed by atoms with van der Waals surface area (Å²) in [6, 6.07) is 20.9. The van der Waals surface area contributed by atoms with Crippen LogP contribution in [-0.2, 0) is 13.1 Å². The van der Waals surface area contributed by atoms with Crippen LogP contribution in [0, 0.1) is 13.8 Å². The predicted octanol–water partition coefficient (Wildman–Crippen LogP) is 6.11. The van der Waals surface area contributed by atoms with E-state index in [1.54, 1.807) is 0 Å². The van der Waals surface area contributed by atoms with Crippen molar-refractivity contribution in [2.24, 2.45) is 0 Å². The molecule has 0 radical (unpaired) electrons. The zero-order chi connectivity index (χ0) is 21.9. The number of aryl methyl sites for hydroxylation is 1. The van der Waals surface area contributed by atoms with E-state index in [1.807, 2.05) is 12.1 Å². The monoisotopic (exact) mass is 402 g/mol. The second-order valence-corrected chi connectivity index (χ2v) is 7.19. The highest BCUT2D eigenvalue weighted by molar-refractivity contribution is 5.81. The first-order chi connectivity index (χ1) is 14.6. The van der Waals surface area contributed by atoms with Gasteiger partial charge in [-0.1, -0.05) is 67.6 Å². The molecule has 0 saturated heterocycles. The van der Waals surface area contributed by atoms with Crippen molar-refractivity contribution in [1.29, 1.82) is 0 Å². The number of rotatable bonds is 8. The Kier molecular flexibility index (Phi) is 8.95. The highest BCUT2D eigenvalue weighted by atomic mass is 15.2. The summed E-state index contributed by atoms with van der Waals surface area (Å²) in [7, 11) is 0. The number of hydrogen-bond donors (Lipinski definition) is 2. The van der Waals surface area contributed by atoms with Crippen LogP contribution in [0.5, 0.6) is 0 Å². The molecule has 0 fully saturated rings. The molecule has 0 aliphatic heterocycles. The Labute approximate surface area is 181 Å². The van der Waals surface area contributed by atoms with E-state index in [1.165, 1.54) is 11.1 Å². The third-order valence-electron chi connectivity index (χ3n) is 4.99. The van der Waals surface area contributed by atoms with Gasteiger partial charge in [0.2, 0.25) is 0 Å². The van der Waals surface area contributed by atoms with E-state index in [9.17, 15) is 0 Å². The summed E-state index contributed by atoms with van der Waals surface area (Å²) in [5.41, 5.74) is 13.0. The number of anilines is 3. The van der Waals surface area contributed by atoms with Crippen LogP contribution < -0.4 is 16.0 Å². The Morgan fingerprint density at radius 3 is 1.87 bits per heavy atom. The quantitative estimate of drug-likeness (QED) is 0.446. The van der Waals surface area contributed by atoms with Crippen LogP contribution >= 0.6 is 0 Å². The summed E-state index contributed by atoms with van der Waals surface area (Å²) in [4.78, 5) is 7.16. The molecule has 0 amide bonds. The second-order valence-electron chi connectivity index (χ2n) is 7.19. The molecule has 2 aromatic carbocycles. The maximum atomic E-state index is 6.64. The number of nitrogens with zero attached hydrogens (tertiary/aromatic N) is 2. The average molecular weight is 403 g/mol. The molecule has 0 saturated carbocycles. The maximum Gasteiger partial charge on any atom is 0.154 e. The number of nitrogen functional groups attached to an aromatic ring is 1. The Morgan fingerprint density at radius 1 is 0.900 bits per heavy atom. The zero-order valence-electron chi connectivity index (χ0n) is 18.5. The maximum absolute atomic E-state index is 6.64. The highest BCUT2D eigenvalue weighted by Crippen LogP contribution is 2.34. The number of pyridine rings is 1. The number of hydrogen-bond acceptors (Lipinski definition) is 4. The number of nitrogens with two attached hydrogens (primary N) is 1. The molecule has 30 heavy (non-hydrogen) atoms. The lowest BCUT2D eigenvalue weighted by Gasteiger charge is -2.28. The molecular weight excluding hydrogens is 368 g/mol. The van der Waals surface area contributed by atoms with Crippen LogP contribution in [0.25, 0.3) is 0 Å². The molecular formula is C26H34N4. The fourth-order valence-electron chi connectivity index (χ4n) is 3.33. The lowest BCUT2D eigenvalue weighted by atomic mass is 10.1. The Morgan fingerprint density at radius 2 is 1.40 bits per heavy atom. The lowest BCUT2D eigenvalue weighted by Crippen LogP contribution is -2.25. The van der Waals surface area contributed by atoms with Crippen molar-refractivity contribution in [3.63, 3.8) is 0 Å². The molecule has 3 rings (SSSR count). The molecule has 1 heterocycles.